The highest BCUT2D eigenvalue weighted by molar-refractivity contribution is 5.77. The summed E-state index contributed by atoms with van der Waals surface area (Å²) < 4.78 is 11.9. The molecule has 4 unspecified atom stereocenters. The Morgan fingerprint density at radius 2 is 2.20 bits per heavy atom. The average molecular weight is 342 g/mol. The zero-order valence-electron chi connectivity index (χ0n) is 14.7. The molecule has 0 radical (unpaired) electrons. The van der Waals surface area contributed by atoms with Crippen LogP contribution in [0.4, 0.5) is 4.79 Å². The molecule has 3 aliphatic rings. The molecule has 2 bridgehead atoms. The summed E-state index contributed by atoms with van der Waals surface area (Å²) in [5.41, 5.74) is 1.07. The van der Waals surface area contributed by atoms with E-state index in [1.807, 2.05) is 18.2 Å². The first-order valence-electron chi connectivity index (χ1n) is 9.19. The second-order valence-electron chi connectivity index (χ2n) is 7.38. The molecule has 2 saturated carbocycles. The minimum Gasteiger partial charge on any atom is -0.493 e. The molecule has 2 amide bonds. The molecule has 4 atom stereocenters. The van der Waals surface area contributed by atoms with E-state index in [2.05, 4.69) is 11.9 Å². The second-order valence-corrected chi connectivity index (χ2v) is 7.38. The van der Waals surface area contributed by atoms with Crippen LogP contribution in [0.25, 0.3) is 0 Å². The molecule has 4 rings (SSSR count). The maximum absolute atomic E-state index is 12.0. The van der Waals surface area contributed by atoms with E-state index in [1.54, 1.807) is 18.1 Å². The lowest BCUT2D eigenvalue weighted by molar-refractivity contribution is 0.133. The molecule has 2 aliphatic carbocycles. The van der Waals surface area contributed by atoms with Gasteiger partial charge >= 0.3 is 6.03 Å². The zero-order valence-corrected chi connectivity index (χ0v) is 14.7. The van der Waals surface area contributed by atoms with E-state index < -0.39 is 0 Å². The van der Waals surface area contributed by atoms with Crippen molar-refractivity contribution in [3.63, 3.8) is 0 Å². The molecule has 1 heterocycles. The normalized spacial score (nSPS) is 30.4. The fraction of sp³-hybridized carbons (Fsp3) is 0.550. The lowest BCUT2D eigenvalue weighted by Crippen LogP contribution is -2.30. The summed E-state index contributed by atoms with van der Waals surface area (Å²) in [6.45, 7) is 4.89. The van der Waals surface area contributed by atoms with Crippen molar-refractivity contribution in [2.45, 2.75) is 37.8 Å². The van der Waals surface area contributed by atoms with Crippen molar-refractivity contribution in [1.82, 2.24) is 10.2 Å². The third kappa shape index (κ3) is 2.96. The number of nitrogens with zero attached hydrogens (tertiary/aromatic N) is 1. The molecule has 134 valence electrons. The van der Waals surface area contributed by atoms with Gasteiger partial charge in [-0.3, -0.25) is 0 Å². The van der Waals surface area contributed by atoms with Crippen LogP contribution in [0.15, 0.2) is 30.9 Å². The Bertz CT molecular complexity index is 675. The van der Waals surface area contributed by atoms with Crippen LogP contribution in [0.5, 0.6) is 11.5 Å². The van der Waals surface area contributed by atoms with Gasteiger partial charge in [-0.05, 0) is 55.2 Å². The van der Waals surface area contributed by atoms with Gasteiger partial charge in [0.1, 0.15) is 6.10 Å². The first-order valence-corrected chi connectivity index (χ1v) is 9.19. The van der Waals surface area contributed by atoms with Gasteiger partial charge in [-0.15, -0.1) is 6.58 Å². The number of urea groups is 1. The van der Waals surface area contributed by atoms with Crippen LogP contribution in [0.3, 0.4) is 0 Å². The number of methoxy groups -OCH3 is 1. The van der Waals surface area contributed by atoms with Crippen LogP contribution >= 0.6 is 0 Å². The van der Waals surface area contributed by atoms with E-state index in [1.165, 1.54) is 19.3 Å². The van der Waals surface area contributed by atoms with Crippen LogP contribution in [0, 0.1) is 11.8 Å². The molecular formula is C20H26N2O3. The number of amides is 2. The van der Waals surface area contributed by atoms with Crippen molar-refractivity contribution < 1.29 is 14.3 Å². The SMILES string of the molecule is C=CCN1C(=O)NCC1c1ccc(OC)c(OC2CC3CCC2C3)c1. The average Bonchev–Trinajstić information content (AvgIpc) is 3.32. The quantitative estimate of drug-likeness (QED) is 0.805. The number of nitrogens with one attached hydrogen (secondary N) is 1. The number of rotatable bonds is 6. The summed E-state index contributed by atoms with van der Waals surface area (Å²) in [6, 6.07) is 5.97. The van der Waals surface area contributed by atoms with Gasteiger partial charge in [0.15, 0.2) is 11.5 Å². The predicted octanol–water partition coefficient (Wildman–Crippen LogP) is 3.51. The van der Waals surface area contributed by atoms with Gasteiger partial charge in [0.25, 0.3) is 0 Å². The Labute approximate surface area is 149 Å². The largest absolute Gasteiger partial charge is 0.493 e. The van der Waals surface area contributed by atoms with Crippen molar-refractivity contribution in [2.75, 3.05) is 20.2 Å². The maximum atomic E-state index is 12.0. The number of ether oxygens (including phenoxy) is 2. The maximum Gasteiger partial charge on any atom is 0.318 e. The van der Waals surface area contributed by atoms with E-state index in [4.69, 9.17) is 9.47 Å². The summed E-state index contributed by atoms with van der Waals surface area (Å²) in [6.07, 6.45) is 7.16. The van der Waals surface area contributed by atoms with Gasteiger partial charge in [0.05, 0.1) is 13.2 Å². The topological polar surface area (TPSA) is 50.8 Å². The van der Waals surface area contributed by atoms with Crippen LogP contribution in [0.2, 0.25) is 0 Å². The molecule has 25 heavy (non-hydrogen) atoms. The molecule has 1 aliphatic heterocycles. The molecule has 0 spiro atoms. The van der Waals surface area contributed by atoms with E-state index in [0.29, 0.717) is 25.1 Å². The third-order valence-electron chi connectivity index (χ3n) is 5.93. The van der Waals surface area contributed by atoms with Gasteiger partial charge in [0, 0.05) is 13.1 Å². The number of hydrogen-bond acceptors (Lipinski definition) is 3. The standard InChI is InChI=1S/C20H26N2O3/c1-3-8-22-16(12-21-20(22)23)14-6-7-17(24-2)19(11-14)25-18-10-13-4-5-15(18)9-13/h3,6-7,11,13,15-16,18H,1,4-5,8-10,12H2,2H3,(H,21,23). The lowest BCUT2D eigenvalue weighted by atomic mass is 9.97. The van der Waals surface area contributed by atoms with Crippen LogP contribution < -0.4 is 14.8 Å². The Kier molecular flexibility index (Phi) is 4.32. The van der Waals surface area contributed by atoms with E-state index in [0.717, 1.165) is 29.4 Å². The van der Waals surface area contributed by atoms with Crippen molar-refractivity contribution in [1.29, 1.82) is 0 Å². The first-order chi connectivity index (χ1) is 12.2. The third-order valence-corrected chi connectivity index (χ3v) is 5.93. The van der Waals surface area contributed by atoms with Gasteiger partial charge in [-0.1, -0.05) is 12.1 Å². The smallest absolute Gasteiger partial charge is 0.318 e. The monoisotopic (exact) mass is 342 g/mol. The number of fused-ring (bicyclic) bond motifs is 2. The molecular weight excluding hydrogens is 316 g/mol. The highest BCUT2D eigenvalue weighted by Crippen LogP contribution is 2.47. The second kappa shape index (κ2) is 6.62. The Morgan fingerprint density at radius 1 is 1.32 bits per heavy atom. The summed E-state index contributed by atoms with van der Waals surface area (Å²) in [5, 5.41) is 2.91. The molecule has 1 N–H and O–H groups in total. The van der Waals surface area contributed by atoms with Gasteiger partial charge in [0.2, 0.25) is 0 Å². The van der Waals surface area contributed by atoms with E-state index in [9.17, 15) is 4.79 Å². The van der Waals surface area contributed by atoms with Gasteiger partial charge in [-0.25, -0.2) is 4.79 Å². The Morgan fingerprint density at radius 3 is 2.88 bits per heavy atom. The molecule has 1 aromatic carbocycles. The van der Waals surface area contributed by atoms with Gasteiger partial charge in [-0.2, -0.15) is 0 Å². The summed E-state index contributed by atoms with van der Waals surface area (Å²) >= 11 is 0. The highest BCUT2D eigenvalue weighted by atomic mass is 16.5. The van der Waals surface area contributed by atoms with Crippen molar-refractivity contribution in [3.8, 4) is 11.5 Å². The number of benzene rings is 1. The van der Waals surface area contributed by atoms with Crippen LogP contribution in [-0.2, 0) is 0 Å². The molecule has 1 aromatic rings. The van der Waals surface area contributed by atoms with Crippen LogP contribution in [-0.4, -0.2) is 37.2 Å². The fourth-order valence-corrected chi connectivity index (χ4v) is 4.67. The summed E-state index contributed by atoms with van der Waals surface area (Å²) in [7, 11) is 1.67. The minimum absolute atomic E-state index is 0.00112. The lowest BCUT2D eigenvalue weighted by Gasteiger charge is -2.26. The fourth-order valence-electron chi connectivity index (χ4n) is 4.67. The summed E-state index contributed by atoms with van der Waals surface area (Å²) in [5.74, 6) is 3.09. The number of hydrogen-bond donors (Lipinski definition) is 1. The molecule has 1 saturated heterocycles. The van der Waals surface area contributed by atoms with Crippen molar-refractivity contribution in [2.24, 2.45) is 11.8 Å². The minimum atomic E-state index is -0.0451. The van der Waals surface area contributed by atoms with E-state index >= 15 is 0 Å². The molecule has 3 fully saturated rings. The number of carbonyl (C=O) groups excluding carboxylic acids is 1. The first kappa shape index (κ1) is 16.3. The van der Waals surface area contributed by atoms with Crippen molar-refractivity contribution >= 4 is 6.03 Å². The van der Waals surface area contributed by atoms with Gasteiger partial charge < -0.3 is 19.7 Å². The number of carbonyl (C=O) groups is 1. The summed E-state index contributed by atoms with van der Waals surface area (Å²) in [4.78, 5) is 13.8. The molecule has 5 nitrogen and oxygen atoms in total. The Balaban J connectivity index is 1.57. The predicted molar refractivity (Wildman–Crippen MR) is 95.9 cm³/mol. The van der Waals surface area contributed by atoms with Crippen LogP contribution in [0.1, 0.15) is 37.3 Å². The molecule has 5 heteroatoms. The Hall–Kier alpha value is -2.17. The zero-order chi connectivity index (χ0) is 17.4. The highest BCUT2D eigenvalue weighted by Gasteiger charge is 2.41. The van der Waals surface area contributed by atoms with Crippen molar-refractivity contribution in [3.05, 3.63) is 36.4 Å². The van der Waals surface area contributed by atoms with E-state index in [-0.39, 0.29) is 12.1 Å². The molecule has 0 aromatic heterocycles.